The number of carbonyl (C=O) groups is 1. The van der Waals surface area contributed by atoms with Gasteiger partial charge in [0.2, 0.25) is 0 Å². The van der Waals surface area contributed by atoms with Crippen molar-refractivity contribution >= 4 is 5.97 Å². The van der Waals surface area contributed by atoms with Crippen molar-refractivity contribution in [1.82, 2.24) is 4.90 Å². The van der Waals surface area contributed by atoms with Crippen LogP contribution in [0.4, 0.5) is 0 Å². The van der Waals surface area contributed by atoms with Crippen molar-refractivity contribution in [3.8, 4) is 0 Å². The minimum absolute atomic E-state index is 0.0953. The summed E-state index contributed by atoms with van der Waals surface area (Å²) in [6.45, 7) is 7.09. The fourth-order valence-corrected chi connectivity index (χ4v) is 5.12. The Labute approximate surface area is 130 Å². The van der Waals surface area contributed by atoms with Gasteiger partial charge >= 0.3 is 5.97 Å². The van der Waals surface area contributed by atoms with Gasteiger partial charge in [-0.05, 0) is 50.5 Å². The Kier molecular flexibility index (Phi) is 5.02. The Hall–Kier alpha value is -0.570. The van der Waals surface area contributed by atoms with Crippen LogP contribution in [-0.2, 0) is 4.79 Å². The fraction of sp³-hybridized carbons (Fsp3) is 0.944. The molecule has 2 fully saturated rings. The van der Waals surface area contributed by atoms with Crippen LogP contribution in [-0.4, -0.2) is 34.6 Å². The topological polar surface area (TPSA) is 40.5 Å². The van der Waals surface area contributed by atoms with Crippen molar-refractivity contribution in [3.05, 3.63) is 0 Å². The molecule has 1 N–H and O–H groups in total. The molecular weight excluding hydrogens is 262 g/mol. The molecule has 0 bridgehead atoms. The Bertz CT molecular complexity index is 371. The summed E-state index contributed by atoms with van der Waals surface area (Å²) in [6, 6.07) is 0.543. The highest BCUT2D eigenvalue weighted by Crippen LogP contribution is 2.44. The van der Waals surface area contributed by atoms with E-state index < -0.39 is 5.97 Å². The van der Waals surface area contributed by atoms with E-state index in [1.54, 1.807) is 0 Å². The molecule has 3 nitrogen and oxygen atoms in total. The standard InChI is InChI=1S/C18H33NO2/c1-14-10-15(12-17(2,3)11-14)19(4)18(13-16(20)21)8-6-5-7-9-18/h14-15H,5-13H2,1-4H3,(H,20,21). The molecule has 3 heteroatoms. The largest absolute Gasteiger partial charge is 0.481 e. The van der Waals surface area contributed by atoms with Crippen molar-refractivity contribution in [2.24, 2.45) is 11.3 Å². The third-order valence-corrected chi connectivity index (χ3v) is 5.92. The molecule has 0 aromatic rings. The zero-order chi connectivity index (χ0) is 15.7. The van der Waals surface area contributed by atoms with Crippen LogP contribution < -0.4 is 0 Å². The van der Waals surface area contributed by atoms with Crippen molar-refractivity contribution < 1.29 is 9.90 Å². The summed E-state index contributed by atoms with van der Waals surface area (Å²) in [4.78, 5) is 13.9. The third-order valence-electron chi connectivity index (χ3n) is 5.92. The number of carboxylic acid groups (broad SMARTS) is 1. The second-order valence-electron chi connectivity index (χ2n) is 8.53. The van der Waals surface area contributed by atoms with E-state index in [-0.39, 0.29) is 5.54 Å². The Morgan fingerprint density at radius 1 is 1.19 bits per heavy atom. The van der Waals surface area contributed by atoms with Crippen LogP contribution >= 0.6 is 0 Å². The monoisotopic (exact) mass is 295 g/mol. The van der Waals surface area contributed by atoms with Gasteiger partial charge in [-0.2, -0.15) is 0 Å². The van der Waals surface area contributed by atoms with Crippen LogP contribution in [0.5, 0.6) is 0 Å². The lowest BCUT2D eigenvalue weighted by molar-refractivity contribution is -0.142. The highest BCUT2D eigenvalue weighted by molar-refractivity contribution is 5.68. The summed E-state index contributed by atoms with van der Waals surface area (Å²) in [5, 5.41) is 9.41. The smallest absolute Gasteiger partial charge is 0.305 e. The first-order chi connectivity index (χ1) is 9.74. The predicted molar refractivity (Wildman–Crippen MR) is 86.4 cm³/mol. The molecule has 2 unspecified atom stereocenters. The molecule has 0 amide bonds. The molecule has 0 saturated heterocycles. The SMILES string of the molecule is CC1CC(N(C)C2(CC(=O)O)CCCCC2)CC(C)(C)C1. The van der Waals surface area contributed by atoms with Crippen LogP contribution in [0, 0.1) is 11.3 Å². The highest BCUT2D eigenvalue weighted by Gasteiger charge is 2.44. The molecule has 21 heavy (non-hydrogen) atoms. The highest BCUT2D eigenvalue weighted by atomic mass is 16.4. The number of rotatable bonds is 4. The van der Waals surface area contributed by atoms with Gasteiger partial charge < -0.3 is 5.11 Å². The Morgan fingerprint density at radius 3 is 2.33 bits per heavy atom. The normalized spacial score (nSPS) is 32.0. The predicted octanol–water partition coefficient (Wildman–Crippen LogP) is 4.31. The van der Waals surface area contributed by atoms with E-state index in [0.29, 0.717) is 17.9 Å². The molecule has 0 aromatic carbocycles. The van der Waals surface area contributed by atoms with Gasteiger partial charge in [0.25, 0.3) is 0 Å². The summed E-state index contributed by atoms with van der Waals surface area (Å²) < 4.78 is 0. The van der Waals surface area contributed by atoms with Gasteiger partial charge in [-0.25, -0.2) is 0 Å². The molecule has 2 aliphatic carbocycles. The molecule has 2 atom stereocenters. The molecule has 0 heterocycles. The van der Waals surface area contributed by atoms with Gasteiger partial charge in [0.15, 0.2) is 0 Å². The van der Waals surface area contributed by atoms with Gasteiger partial charge in [0, 0.05) is 11.6 Å². The van der Waals surface area contributed by atoms with Crippen molar-refractivity contribution in [3.63, 3.8) is 0 Å². The number of hydrogen-bond donors (Lipinski definition) is 1. The fourth-order valence-electron chi connectivity index (χ4n) is 5.12. The van der Waals surface area contributed by atoms with Crippen LogP contribution in [0.3, 0.4) is 0 Å². The van der Waals surface area contributed by atoms with Crippen LogP contribution in [0.25, 0.3) is 0 Å². The first-order valence-corrected chi connectivity index (χ1v) is 8.69. The van der Waals surface area contributed by atoms with E-state index >= 15 is 0 Å². The average Bonchev–Trinajstić information content (AvgIpc) is 2.35. The average molecular weight is 295 g/mol. The maximum absolute atomic E-state index is 11.4. The summed E-state index contributed by atoms with van der Waals surface area (Å²) >= 11 is 0. The summed E-state index contributed by atoms with van der Waals surface area (Å²) in [6.07, 6.45) is 9.78. The van der Waals surface area contributed by atoms with Gasteiger partial charge in [0.05, 0.1) is 6.42 Å². The van der Waals surface area contributed by atoms with E-state index in [0.717, 1.165) is 18.8 Å². The zero-order valence-electron chi connectivity index (χ0n) is 14.3. The van der Waals surface area contributed by atoms with E-state index in [2.05, 4.69) is 32.7 Å². The van der Waals surface area contributed by atoms with E-state index in [1.165, 1.54) is 38.5 Å². The zero-order valence-corrected chi connectivity index (χ0v) is 14.3. The van der Waals surface area contributed by atoms with E-state index in [1.807, 2.05) is 0 Å². The van der Waals surface area contributed by atoms with Crippen LogP contribution in [0.2, 0.25) is 0 Å². The molecule has 2 aliphatic rings. The molecule has 2 rings (SSSR count). The van der Waals surface area contributed by atoms with Crippen LogP contribution in [0.15, 0.2) is 0 Å². The molecule has 0 spiro atoms. The summed E-state index contributed by atoms with van der Waals surface area (Å²) in [5.41, 5.74) is 0.289. The third kappa shape index (κ3) is 4.00. The lowest BCUT2D eigenvalue weighted by Crippen LogP contribution is -2.56. The van der Waals surface area contributed by atoms with Gasteiger partial charge in [0.1, 0.15) is 0 Å². The molecule has 122 valence electrons. The minimum atomic E-state index is -0.633. The number of carboxylic acids is 1. The van der Waals surface area contributed by atoms with Crippen molar-refractivity contribution in [2.75, 3.05) is 7.05 Å². The van der Waals surface area contributed by atoms with Gasteiger partial charge in [-0.3, -0.25) is 9.69 Å². The van der Waals surface area contributed by atoms with E-state index in [9.17, 15) is 9.90 Å². The molecule has 2 saturated carbocycles. The first-order valence-electron chi connectivity index (χ1n) is 8.69. The Balaban J connectivity index is 2.17. The number of hydrogen-bond acceptors (Lipinski definition) is 2. The molecule has 0 aliphatic heterocycles. The minimum Gasteiger partial charge on any atom is -0.481 e. The molecule has 0 radical (unpaired) electrons. The summed E-state index contributed by atoms with van der Waals surface area (Å²) in [7, 11) is 2.20. The van der Waals surface area contributed by atoms with Crippen molar-refractivity contribution in [1.29, 1.82) is 0 Å². The summed E-state index contributed by atoms with van der Waals surface area (Å²) in [5.74, 6) is 0.110. The van der Waals surface area contributed by atoms with Crippen molar-refractivity contribution in [2.45, 2.75) is 90.1 Å². The Morgan fingerprint density at radius 2 is 1.81 bits per heavy atom. The maximum atomic E-state index is 11.4. The van der Waals surface area contributed by atoms with E-state index in [4.69, 9.17) is 0 Å². The lowest BCUT2D eigenvalue weighted by atomic mass is 9.68. The van der Waals surface area contributed by atoms with Gasteiger partial charge in [-0.1, -0.05) is 40.0 Å². The maximum Gasteiger partial charge on any atom is 0.305 e. The molecular formula is C18H33NO2. The second-order valence-corrected chi connectivity index (χ2v) is 8.53. The van der Waals surface area contributed by atoms with Gasteiger partial charge in [-0.15, -0.1) is 0 Å². The molecule has 0 aromatic heterocycles. The number of nitrogens with zero attached hydrogens (tertiary/aromatic N) is 1. The van der Waals surface area contributed by atoms with Crippen LogP contribution in [0.1, 0.15) is 78.6 Å². The lowest BCUT2D eigenvalue weighted by Gasteiger charge is -2.52. The first kappa shape index (κ1) is 16.8. The number of aliphatic carboxylic acids is 1. The second kappa shape index (κ2) is 6.28. The quantitative estimate of drug-likeness (QED) is 0.840.